The fourth-order valence-corrected chi connectivity index (χ4v) is 1.91. The zero-order valence-corrected chi connectivity index (χ0v) is 10.6. The number of allylic oxidation sites excluding steroid dienone is 1. The van der Waals surface area contributed by atoms with Crippen LogP contribution in [0.3, 0.4) is 0 Å². The number of carboxylic acids is 1. The molecule has 1 aromatic rings. The van der Waals surface area contributed by atoms with Gasteiger partial charge in [0, 0.05) is 20.6 Å². The average molecular weight is 237 g/mol. The predicted molar refractivity (Wildman–Crippen MR) is 67.6 cm³/mol. The van der Waals surface area contributed by atoms with Crippen LogP contribution in [0, 0.1) is 6.92 Å². The lowest BCUT2D eigenvalue weighted by atomic mass is 10.2. The molecule has 0 spiro atoms. The van der Waals surface area contributed by atoms with E-state index in [4.69, 9.17) is 0 Å². The minimum Gasteiger partial charge on any atom is -0.477 e. The Hall–Kier alpha value is -1.78. The Kier molecular flexibility index (Phi) is 4.31. The Labute approximate surface area is 101 Å². The molecule has 0 aromatic carbocycles. The summed E-state index contributed by atoms with van der Waals surface area (Å²) in [4.78, 5) is 13.1. The molecule has 0 aliphatic rings. The third-order valence-corrected chi connectivity index (χ3v) is 2.67. The number of hydrogen-bond donors (Lipinski definition) is 1. The van der Waals surface area contributed by atoms with E-state index in [1.54, 1.807) is 18.7 Å². The first-order valence-electron chi connectivity index (χ1n) is 5.58. The van der Waals surface area contributed by atoms with Crippen LogP contribution >= 0.6 is 0 Å². The topological polar surface area (TPSA) is 58.4 Å². The zero-order chi connectivity index (χ0) is 13.0. The maximum atomic E-state index is 11.2. The Bertz CT molecular complexity index is 424. The molecule has 5 heteroatoms. The van der Waals surface area contributed by atoms with Gasteiger partial charge in [0.05, 0.1) is 5.69 Å². The Balaban J connectivity index is 2.95. The van der Waals surface area contributed by atoms with Crippen LogP contribution in [0.5, 0.6) is 0 Å². The van der Waals surface area contributed by atoms with Gasteiger partial charge in [-0.1, -0.05) is 6.08 Å². The van der Waals surface area contributed by atoms with E-state index < -0.39 is 5.97 Å². The molecule has 0 aliphatic carbocycles. The Morgan fingerprint density at radius 1 is 1.65 bits per heavy atom. The molecule has 0 fully saturated rings. The van der Waals surface area contributed by atoms with Crippen molar-refractivity contribution in [2.75, 3.05) is 18.5 Å². The van der Waals surface area contributed by atoms with E-state index in [0.29, 0.717) is 11.5 Å². The largest absolute Gasteiger partial charge is 0.477 e. The molecule has 1 heterocycles. The lowest BCUT2D eigenvalue weighted by molar-refractivity contribution is 0.0696. The van der Waals surface area contributed by atoms with Crippen molar-refractivity contribution in [1.29, 1.82) is 0 Å². The number of carbonyl (C=O) groups is 1. The fourth-order valence-electron chi connectivity index (χ4n) is 1.91. The van der Waals surface area contributed by atoms with E-state index in [2.05, 4.69) is 11.7 Å². The molecule has 17 heavy (non-hydrogen) atoms. The molecular weight excluding hydrogens is 218 g/mol. The van der Waals surface area contributed by atoms with Crippen molar-refractivity contribution in [3.63, 3.8) is 0 Å². The van der Waals surface area contributed by atoms with Crippen molar-refractivity contribution in [2.24, 2.45) is 7.05 Å². The molecule has 0 radical (unpaired) electrons. The highest BCUT2D eigenvalue weighted by Gasteiger charge is 2.21. The lowest BCUT2D eigenvalue weighted by Crippen LogP contribution is -2.23. The summed E-state index contributed by atoms with van der Waals surface area (Å²) < 4.78 is 1.62. The number of hydrogen-bond acceptors (Lipinski definition) is 3. The van der Waals surface area contributed by atoms with Crippen molar-refractivity contribution >= 4 is 11.8 Å². The second-order valence-electron chi connectivity index (χ2n) is 4.07. The van der Waals surface area contributed by atoms with Crippen LogP contribution in [0.4, 0.5) is 5.82 Å². The van der Waals surface area contributed by atoms with Gasteiger partial charge >= 0.3 is 5.97 Å². The average Bonchev–Trinajstić information content (AvgIpc) is 2.53. The highest BCUT2D eigenvalue weighted by Crippen LogP contribution is 2.22. The minimum absolute atomic E-state index is 0.286. The summed E-state index contributed by atoms with van der Waals surface area (Å²) in [5, 5.41) is 13.3. The monoisotopic (exact) mass is 237 g/mol. The van der Waals surface area contributed by atoms with Gasteiger partial charge in [-0.3, -0.25) is 4.68 Å². The lowest BCUT2D eigenvalue weighted by Gasteiger charge is -2.19. The number of rotatable bonds is 6. The van der Waals surface area contributed by atoms with Gasteiger partial charge in [0.25, 0.3) is 0 Å². The number of carboxylic acid groups (broad SMARTS) is 1. The Morgan fingerprint density at radius 2 is 2.29 bits per heavy atom. The standard InChI is InChI=1S/C12H19N3O2/c1-5-6-7-8-14(3)11-10(12(16)17)9(2)13-15(11)4/h5H,1,6-8H2,2-4H3,(H,16,17). The molecule has 0 saturated heterocycles. The van der Waals surface area contributed by atoms with Crippen LogP contribution in [0.1, 0.15) is 28.9 Å². The van der Waals surface area contributed by atoms with E-state index in [-0.39, 0.29) is 5.56 Å². The third kappa shape index (κ3) is 2.87. The highest BCUT2D eigenvalue weighted by atomic mass is 16.4. The highest BCUT2D eigenvalue weighted by molar-refractivity contribution is 5.94. The fraction of sp³-hybridized carbons (Fsp3) is 0.500. The van der Waals surface area contributed by atoms with Gasteiger partial charge in [0.2, 0.25) is 0 Å². The number of nitrogens with zero attached hydrogens (tertiary/aromatic N) is 3. The van der Waals surface area contributed by atoms with Gasteiger partial charge < -0.3 is 10.0 Å². The number of aromatic nitrogens is 2. The van der Waals surface area contributed by atoms with Crippen LogP contribution < -0.4 is 4.90 Å². The van der Waals surface area contributed by atoms with Crippen molar-refractivity contribution in [3.05, 3.63) is 23.9 Å². The second-order valence-corrected chi connectivity index (χ2v) is 4.07. The molecule has 0 aliphatic heterocycles. The van der Waals surface area contributed by atoms with Crippen LogP contribution in [0.2, 0.25) is 0 Å². The summed E-state index contributed by atoms with van der Waals surface area (Å²) in [6, 6.07) is 0. The molecule has 5 nitrogen and oxygen atoms in total. The molecule has 1 N–H and O–H groups in total. The van der Waals surface area contributed by atoms with Crippen LogP contribution in [0.15, 0.2) is 12.7 Å². The predicted octanol–water partition coefficient (Wildman–Crippen LogP) is 1.83. The summed E-state index contributed by atoms with van der Waals surface area (Å²) in [6.07, 6.45) is 3.73. The quantitative estimate of drug-likeness (QED) is 0.605. The summed E-state index contributed by atoms with van der Waals surface area (Å²) in [5.41, 5.74) is 0.833. The number of aromatic carboxylic acids is 1. The normalized spacial score (nSPS) is 10.3. The van der Waals surface area contributed by atoms with Crippen LogP contribution in [-0.4, -0.2) is 34.4 Å². The molecule has 0 amide bonds. The summed E-state index contributed by atoms with van der Waals surface area (Å²) in [5.74, 6) is -0.278. The second kappa shape index (κ2) is 5.52. The first-order valence-corrected chi connectivity index (χ1v) is 5.58. The van der Waals surface area contributed by atoms with Gasteiger partial charge in [-0.15, -0.1) is 6.58 Å². The van der Waals surface area contributed by atoms with Crippen LogP contribution in [-0.2, 0) is 7.05 Å². The molecule has 0 saturated carbocycles. The molecule has 1 rings (SSSR count). The summed E-state index contributed by atoms with van der Waals surface area (Å²) in [7, 11) is 3.64. The molecule has 94 valence electrons. The minimum atomic E-state index is -0.929. The van der Waals surface area contributed by atoms with Crippen LogP contribution in [0.25, 0.3) is 0 Å². The van der Waals surface area contributed by atoms with E-state index >= 15 is 0 Å². The van der Waals surface area contributed by atoms with Gasteiger partial charge in [0.1, 0.15) is 11.4 Å². The number of unbranched alkanes of at least 4 members (excludes halogenated alkanes) is 1. The molecule has 0 bridgehead atoms. The summed E-state index contributed by atoms with van der Waals surface area (Å²) in [6.45, 7) is 6.16. The first kappa shape index (κ1) is 13.3. The van der Waals surface area contributed by atoms with E-state index in [0.717, 1.165) is 19.4 Å². The van der Waals surface area contributed by atoms with Gasteiger partial charge in [-0.25, -0.2) is 4.79 Å². The maximum Gasteiger partial charge on any atom is 0.341 e. The Morgan fingerprint density at radius 3 is 2.82 bits per heavy atom. The van der Waals surface area contributed by atoms with Crippen molar-refractivity contribution in [1.82, 2.24) is 9.78 Å². The number of anilines is 1. The first-order chi connectivity index (χ1) is 7.99. The number of aryl methyl sites for hydroxylation is 2. The summed E-state index contributed by atoms with van der Waals surface area (Å²) >= 11 is 0. The van der Waals surface area contributed by atoms with E-state index in [1.807, 2.05) is 18.0 Å². The zero-order valence-electron chi connectivity index (χ0n) is 10.6. The molecule has 0 atom stereocenters. The van der Waals surface area contributed by atoms with Crippen molar-refractivity contribution in [3.8, 4) is 0 Å². The van der Waals surface area contributed by atoms with E-state index in [1.165, 1.54) is 0 Å². The smallest absolute Gasteiger partial charge is 0.341 e. The van der Waals surface area contributed by atoms with Crippen molar-refractivity contribution < 1.29 is 9.90 Å². The van der Waals surface area contributed by atoms with Gasteiger partial charge in [0.15, 0.2) is 0 Å². The molecular formula is C12H19N3O2. The maximum absolute atomic E-state index is 11.2. The molecule has 0 unspecified atom stereocenters. The van der Waals surface area contributed by atoms with Gasteiger partial charge in [-0.2, -0.15) is 5.10 Å². The van der Waals surface area contributed by atoms with Gasteiger partial charge in [-0.05, 0) is 19.8 Å². The van der Waals surface area contributed by atoms with E-state index in [9.17, 15) is 9.90 Å². The molecule has 1 aromatic heterocycles. The van der Waals surface area contributed by atoms with Crippen molar-refractivity contribution in [2.45, 2.75) is 19.8 Å². The SMILES string of the molecule is C=CCCCN(C)c1c(C(=O)O)c(C)nn1C. The third-order valence-electron chi connectivity index (χ3n) is 2.67.